The van der Waals surface area contributed by atoms with Crippen molar-refractivity contribution >= 4 is 48.2 Å². The Morgan fingerprint density at radius 1 is 0.676 bits per heavy atom. The molecule has 0 atom stereocenters. The van der Waals surface area contributed by atoms with Gasteiger partial charge in [0.1, 0.15) is 5.57 Å². The van der Waals surface area contributed by atoms with Crippen molar-refractivity contribution in [2.75, 3.05) is 0 Å². The van der Waals surface area contributed by atoms with E-state index in [4.69, 9.17) is 0 Å². The van der Waals surface area contributed by atoms with Gasteiger partial charge in [-0.1, -0.05) is 72.8 Å². The Morgan fingerprint density at radius 3 is 1.57 bits per heavy atom. The van der Waals surface area contributed by atoms with E-state index in [0.29, 0.717) is 5.56 Å². The van der Waals surface area contributed by atoms with Gasteiger partial charge >= 0.3 is 0 Å². The molecule has 9 heteroatoms. The predicted octanol–water partition coefficient (Wildman–Crippen LogP) is 4.61. The Hall–Kier alpha value is -5.44. The highest BCUT2D eigenvalue weighted by Gasteiger charge is 2.18. The van der Waals surface area contributed by atoms with Crippen molar-refractivity contribution in [2.24, 2.45) is 10.2 Å². The van der Waals surface area contributed by atoms with Gasteiger partial charge in [-0.15, -0.1) is 0 Å². The molecule has 184 valence electrons. The minimum atomic E-state index is -0.782. The number of nitrogens with zero attached hydrogens (tertiary/aromatic N) is 3. The lowest BCUT2D eigenvalue weighted by Gasteiger charge is -2.05. The van der Waals surface area contributed by atoms with Crippen molar-refractivity contribution in [2.45, 2.75) is 0 Å². The molecule has 0 aliphatic heterocycles. The van der Waals surface area contributed by atoms with Crippen LogP contribution in [0, 0.1) is 10.1 Å². The smallest absolute Gasteiger partial charge is 0.267 e. The molecule has 9 nitrogen and oxygen atoms in total. The molecule has 0 heterocycles. The summed E-state index contributed by atoms with van der Waals surface area (Å²) in [5.41, 5.74) is 6.52. The molecule has 0 bridgehead atoms. The van der Waals surface area contributed by atoms with E-state index in [1.807, 2.05) is 60.7 Å². The Labute approximate surface area is 213 Å². The molecule has 0 saturated heterocycles. The summed E-state index contributed by atoms with van der Waals surface area (Å²) < 4.78 is 0. The highest BCUT2D eigenvalue weighted by molar-refractivity contribution is 6.21. The van der Waals surface area contributed by atoms with Gasteiger partial charge in [-0.3, -0.25) is 19.7 Å². The minimum absolute atomic E-state index is 0.114. The molecule has 3 aromatic carbocycles. The second-order valence-electron chi connectivity index (χ2n) is 7.38. The fourth-order valence-electron chi connectivity index (χ4n) is 2.93. The zero-order valence-corrected chi connectivity index (χ0v) is 19.6. The number of hydrogen-bond acceptors (Lipinski definition) is 6. The van der Waals surface area contributed by atoms with Gasteiger partial charge in [-0.05, 0) is 47.1 Å². The quantitative estimate of drug-likeness (QED) is 0.107. The molecule has 2 amide bonds. The Balaban J connectivity index is 1.70. The summed E-state index contributed by atoms with van der Waals surface area (Å²) in [5.74, 6) is -1.56. The number of nitrogens with one attached hydrogen (secondary N) is 2. The highest BCUT2D eigenvalue weighted by Crippen LogP contribution is 2.15. The lowest BCUT2D eigenvalue weighted by atomic mass is 10.1. The molecular weight excluding hydrogens is 470 g/mol. The first-order valence-corrected chi connectivity index (χ1v) is 11.1. The Morgan fingerprint density at radius 2 is 1.14 bits per heavy atom. The molecule has 0 aromatic heterocycles. The van der Waals surface area contributed by atoms with Crippen molar-refractivity contribution in [3.63, 3.8) is 0 Å². The summed E-state index contributed by atoms with van der Waals surface area (Å²) in [6.07, 6.45) is 10.9. The average Bonchev–Trinajstić information content (AvgIpc) is 2.92. The first kappa shape index (κ1) is 26.2. The van der Waals surface area contributed by atoms with Crippen LogP contribution in [0.25, 0.3) is 18.2 Å². The summed E-state index contributed by atoms with van der Waals surface area (Å²) >= 11 is 0. The van der Waals surface area contributed by atoms with Gasteiger partial charge in [-0.2, -0.15) is 10.2 Å². The second-order valence-corrected chi connectivity index (χ2v) is 7.38. The van der Waals surface area contributed by atoms with Crippen LogP contribution in [0.15, 0.2) is 113 Å². The number of non-ortho nitro benzene ring substituents is 1. The van der Waals surface area contributed by atoms with Crippen LogP contribution in [0.2, 0.25) is 0 Å². The van der Waals surface area contributed by atoms with Crippen LogP contribution in [0.5, 0.6) is 0 Å². The average molecular weight is 494 g/mol. The maximum absolute atomic E-state index is 12.7. The van der Waals surface area contributed by atoms with Crippen LogP contribution in [-0.4, -0.2) is 29.2 Å². The molecule has 0 radical (unpaired) electrons. The molecule has 0 saturated carbocycles. The molecule has 0 fully saturated rings. The number of hydrogen-bond donors (Lipinski definition) is 2. The highest BCUT2D eigenvalue weighted by atomic mass is 16.6. The third-order valence-electron chi connectivity index (χ3n) is 4.73. The van der Waals surface area contributed by atoms with E-state index >= 15 is 0 Å². The maximum atomic E-state index is 12.7. The monoisotopic (exact) mass is 493 g/mol. The summed E-state index contributed by atoms with van der Waals surface area (Å²) in [6.45, 7) is 0. The van der Waals surface area contributed by atoms with Crippen LogP contribution < -0.4 is 10.9 Å². The SMILES string of the molecule is O=C(NN=CC=Cc1ccccc1)C(=Cc1ccc([N+](=O)[O-])cc1)C(=O)NN=CC=Cc1ccccc1. The molecule has 0 aliphatic rings. The Kier molecular flexibility index (Phi) is 9.95. The van der Waals surface area contributed by atoms with Crippen molar-refractivity contribution in [3.05, 3.63) is 129 Å². The number of nitro groups is 1. The molecule has 0 unspecified atom stereocenters. The van der Waals surface area contributed by atoms with Crippen LogP contribution in [0.1, 0.15) is 16.7 Å². The van der Waals surface area contributed by atoms with E-state index in [-0.39, 0.29) is 11.3 Å². The van der Waals surface area contributed by atoms with E-state index in [9.17, 15) is 19.7 Å². The first-order chi connectivity index (χ1) is 18.0. The lowest BCUT2D eigenvalue weighted by Crippen LogP contribution is -2.30. The summed E-state index contributed by atoms with van der Waals surface area (Å²) in [7, 11) is 0. The van der Waals surface area contributed by atoms with Crippen LogP contribution in [0.3, 0.4) is 0 Å². The lowest BCUT2D eigenvalue weighted by molar-refractivity contribution is -0.384. The molecule has 3 aromatic rings. The fraction of sp³-hybridized carbons (Fsp3) is 0. The zero-order valence-electron chi connectivity index (χ0n) is 19.6. The van der Waals surface area contributed by atoms with E-state index in [1.54, 1.807) is 24.3 Å². The van der Waals surface area contributed by atoms with E-state index in [0.717, 1.165) is 11.1 Å². The van der Waals surface area contributed by atoms with Crippen molar-refractivity contribution in [1.82, 2.24) is 10.9 Å². The summed E-state index contributed by atoms with van der Waals surface area (Å²) in [5, 5.41) is 18.6. The predicted molar refractivity (Wildman–Crippen MR) is 145 cm³/mol. The number of hydrazone groups is 2. The maximum Gasteiger partial charge on any atom is 0.277 e. The summed E-state index contributed by atoms with van der Waals surface area (Å²) in [4.78, 5) is 35.8. The van der Waals surface area contributed by atoms with Gasteiger partial charge in [0.25, 0.3) is 17.5 Å². The third kappa shape index (κ3) is 9.02. The van der Waals surface area contributed by atoms with Crippen molar-refractivity contribution < 1.29 is 14.5 Å². The van der Waals surface area contributed by atoms with Gasteiger partial charge in [0.2, 0.25) is 0 Å². The summed E-state index contributed by atoms with van der Waals surface area (Å²) in [6, 6.07) is 24.4. The minimum Gasteiger partial charge on any atom is -0.267 e. The molecular formula is C28H23N5O4. The van der Waals surface area contributed by atoms with Gasteiger partial charge in [0, 0.05) is 24.6 Å². The Bertz CT molecular complexity index is 1290. The second kappa shape index (κ2) is 14.1. The number of amides is 2. The number of allylic oxidation sites excluding steroid dienone is 2. The molecule has 3 rings (SSSR count). The molecule has 0 aliphatic carbocycles. The largest absolute Gasteiger partial charge is 0.277 e. The molecule has 37 heavy (non-hydrogen) atoms. The molecule has 2 N–H and O–H groups in total. The van der Waals surface area contributed by atoms with Gasteiger partial charge < -0.3 is 0 Å². The number of benzene rings is 3. The first-order valence-electron chi connectivity index (χ1n) is 11.1. The topological polar surface area (TPSA) is 126 Å². The van der Waals surface area contributed by atoms with E-state index in [1.165, 1.54) is 42.8 Å². The fourth-order valence-corrected chi connectivity index (χ4v) is 2.93. The van der Waals surface area contributed by atoms with E-state index < -0.39 is 16.7 Å². The van der Waals surface area contributed by atoms with Gasteiger partial charge in [0.05, 0.1) is 4.92 Å². The number of carbonyl (C=O) groups is 2. The van der Waals surface area contributed by atoms with Gasteiger partial charge in [0.15, 0.2) is 0 Å². The number of rotatable bonds is 10. The number of carbonyl (C=O) groups excluding carboxylic acids is 2. The number of nitro benzene ring substituents is 1. The van der Waals surface area contributed by atoms with Crippen LogP contribution in [0.4, 0.5) is 5.69 Å². The van der Waals surface area contributed by atoms with Crippen LogP contribution in [-0.2, 0) is 9.59 Å². The normalized spacial score (nSPS) is 11.2. The third-order valence-corrected chi connectivity index (χ3v) is 4.73. The van der Waals surface area contributed by atoms with Crippen molar-refractivity contribution in [1.29, 1.82) is 0 Å². The van der Waals surface area contributed by atoms with E-state index in [2.05, 4.69) is 21.1 Å². The van der Waals surface area contributed by atoms with Gasteiger partial charge in [-0.25, -0.2) is 10.9 Å². The van der Waals surface area contributed by atoms with Crippen molar-refractivity contribution in [3.8, 4) is 0 Å². The molecule has 0 spiro atoms. The van der Waals surface area contributed by atoms with Crippen LogP contribution >= 0.6 is 0 Å². The zero-order chi connectivity index (χ0) is 26.3. The standard InChI is InChI=1S/C28H23N5O4/c34-27(31-29-19-7-13-22-9-3-1-4-10-22)26(21-24-15-17-25(18-16-24)33(36)37)28(35)32-30-20-8-14-23-11-5-2-6-12-23/h1-21H,(H,31,34)(H,32,35).